The molecule has 4 heterocycles. The molecule has 0 saturated carbocycles. The molecule has 0 spiro atoms. The zero-order chi connectivity index (χ0) is 19.3. The Hall–Kier alpha value is -3.19. The molecule has 7 heteroatoms. The number of nitrogens with zero attached hydrogens (tertiary/aromatic N) is 3. The van der Waals surface area contributed by atoms with Crippen LogP contribution in [-0.4, -0.2) is 44.3 Å². The van der Waals surface area contributed by atoms with Gasteiger partial charge in [-0.2, -0.15) is 0 Å². The molecule has 0 unspecified atom stereocenters. The van der Waals surface area contributed by atoms with Crippen LogP contribution in [0.3, 0.4) is 0 Å². The number of likely N-dealkylation sites (tertiary alicyclic amines) is 1. The van der Waals surface area contributed by atoms with E-state index < -0.39 is 0 Å². The predicted molar refractivity (Wildman–Crippen MR) is 109 cm³/mol. The molecule has 3 N–H and O–H groups in total. The van der Waals surface area contributed by atoms with Gasteiger partial charge in [0, 0.05) is 34.9 Å². The van der Waals surface area contributed by atoms with E-state index in [-0.39, 0.29) is 5.91 Å². The van der Waals surface area contributed by atoms with Gasteiger partial charge in [-0.3, -0.25) is 9.69 Å². The fourth-order valence-corrected chi connectivity index (χ4v) is 4.07. The Morgan fingerprint density at radius 2 is 2.11 bits per heavy atom. The molecule has 0 aliphatic carbocycles. The zero-order valence-corrected chi connectivity index (χ0v) is 15.9. The van der Waals surface area contributed by atoms with E-state index in [9.17, 15) is 4.79 Å². The lowest BCUT2D eigenvalue weighted by molar-refractivity contribution is 0.102. The molecular weight excluding hydrogens is 352 g/mol. The number of fused-ring (bicyclic) bond motifs is 2. The van der Waals surface area contributed by atoms with Crippen molar-refractivity contribution in [1.82, 2.24) is 24.8 Å². The highest BCUT2D eigenvalue weighted by Gasteiger charge is 2.24. The number of pyridine rings is 1. The fourth-order valence-electron chi connectivity index (χ4n) is 4.07. The minimum atomic E-state index is -0.191. The van der Waals surface area contributed by atoms with Crippen molar-refractivity contribution < 1.29 is 4.79 Å². The molecule has 142 valence electrons. The Kier molecular flexibility index (Phi) is 3.91. The summed E-state index contributed by atoms with van der Waals surface area (Å²) in [5, 5.41) is 3.95. The summed E-state index contributed by atoms with van der Waals surface area (Å²) in [6, 6.07) is 9.92. The van der Waals surface area contributed by atoms with Crippen molar-refractivity contribution in [1.29, 1.82) is 0 Å². The highest BCUT2D eigenvalue weighted by atomic mass is 16.1. The Labute approximate surface area is 162 Å². The molecule has 1 aromatic carbocycles. The highest BCUT2D eigenvalue weighted by Crippen LogP contribution is 2.32. The molecular formula is C21H22N6O. The monoisotopic (exact) mass is 374 g/mol. The number of imidazole rings is 1. The molecule has 0 bridgehead atoms. The average molecular weight is 374 g/mol. The van der Waals surface area contributed by atoms with Gasteiger partial charge < -0.3 is 15.3 Å². The van der Waals surface area contributed by atoms with Crippen molar-refractivity contribution in [2.75, 3.05) is 18.9 Å². The summed E-state index contributed by atoms with van der Waals surface area (Å²) in [6.45, 7) is 3.02. The molecule has 1 atom stereocenters. The van der Waals surface area contributed by atoms with E-state index in [1.807, 2.05) is 25.1 Å². The molecule has 0 radical (unpaired) electrons. The van der Waals surface area contributed by atoms with Gasteiger partial charge in [-0.1, -0.05) is 0 Å². The number of aromatic nitrogens is 4. The number of anilines is 1. The maximum Gasteiger partial charge on any atom is 0.256 e. The molecule has 4 aromatic rings. The van der Waals surface area contributed by atoms with Crippen molar-refractivity contribution in [3.63, 3.8) is 0 Å². The van der Waals surface area contributed by atoms with Crippen LogP contribution in [-0.2, 0) is 0 Å². The smallest absolute Gasteiger partial charge is 0.256 e. The molecule has 1 aliphatic rings. The molecule has 1 amide bonds. The number of aromatic amines is 2. The van der Waals surface area contributed by atoms with E-state index >= 15 is 0 Å². The maximum atomic E-state index is 12.7. The largest absolute Gasteiger partial charge is 0.357 e. The van der Waals surface area contributed by atoms with E-state index in [1.54, 1.807) is 12.3 Å². The molecule has 1 saturated heterocycles. The number of rotatable bonds is 3. The van der Waals surface area contributed by atoms with Crippen LogP contribution in [0.4, 0.5) is 5.82 Å². The average Bonchev–Trinajstić information content (AvgIpc) is 3.37. The Morgan fingerprint density at radius 3 is 2.93 bits per heavy atom. The zero-order valence-electron chi connectivity index (χ0n) is 15.9. The van der Waals surface area contributed by atoms with Gasteiger partial charge in [0.25, 0.3) is 5.91 Å². The van der Waals surface area contributed by atoms with Gasteiger partial charge in [0.15, 0.2) is 0 Å². The van der Waals surface area contributed by atoms with Crippen LogP contribution in [0.2, 0.25) is 0 Å². The lowest BCUT2D eigenvalue weighted by Gasteiger charge is -2.17. The van der Waals surface area contributed by atoms with Crippen molar-refractivity contribution >= 4 is 33.7 Å². The Balaban J connectivity index is 1.39. The number of nitrogens with one attached hydrogen (secondary N) is 3. The molecule has 1 fully saturated rings. The summed E-state index contributed by atoms with van der Waals surface area (Å²) in [7, 11) is 2.16. The number of amides is 1. The standard InChI is InChI=1S/C21H22N6O/c1-12-23-15-6-5-13(8-17(15)24-12)21(28)26-20-10-16-14(11-22-20)9-18(25-16)19-4-3-7-27(19)2/h5-6,8-11,19,25H,3-4,7H2,1-2H3,(H,23,24)(H,22,26,28)/t19-/m1/s1. The number of carbonyl (C=O) groups is 1. The van der Waals surface area contributed by atoms with E-state index in [1.165, 1.54) is 12.1 Å². The first-order valence-corrected chi connectivity index (χ1v) is 9.53. The normalized spacial score (nSPS) is 17.6. The van der Waals surface area contributed by atoms with Gasteiger partial charge in [-0.25, -0.2) is 9.97 Å². The van der Waals surface area contributed by atoms with Crippen LogP contribution in [0.15, 0.2) is 36.5 Å². The predicted octanol–water partition coefficient (Wildman–Crippen LogP) is 3.77. The van der Waals surface area contributed by atoms with Crippen molar-refractivity contribution in [3.05, 3.63) is 53.6 Å². The van der Waals surface area contributed by atoms with E-state index in [2.05, 4.69) is 43.3 Å². The molecule has 28 heavy (non-hydrogen) atoms. The first-order valence-electron chi connectivity index (χ1n) is 9.53. The number of aryl methyl sites for hydroxylation is 1. The third-order valence-electron chi connectivity index (χ3n) is 5.51. The van der Waals surface area contributed by atoms with Crippen LogP contribution < -0.4 is 5.32 Å². The van der Waals surface area contributed by atoms with Crippen molar-refractivity contribution in [2.24, 2.45) is 0 Å². The minimum absolute atomic E-state index is 0.191. The fraction of sp³-hybridized carbons (Fsp3) is 0.286. The van der Waals surface area contributed by atoms with Gasteiger partial charge >= 0.3 is 0 Å². The summed E-state index contributed by atoms with van der Waals surface area (Å²) in [5.74, 6) is 1.17. The van der Waals surface area contributed by atoms with Crippen LogP contribution >= 0.6 is 0 Å². The van der Waals surface area contributed by atoms with Crippen LogP contribution in [0.25, 0.3) is 21.9 Å². The number of benzene rings is 1. The molecule has 3 aromatic heterocycles. The number of H-pyrrole nitrogens is 2. The van der Waals surface area contributed by atoms with E-state index in [0.717, 1.165) is 40.7 Å². The van der Waals surface area contributed by atoms with E-state index in [0.29, 0.717) is 17.4 Å². The second-order valence-corrected chi connectivity index (χ2v) is 7.53. The van der Waals surface area contributed by atoms with Crippen LogP contribution in [0, 0.1) is 6.92 Å². The van der Waals surface area contributed by atoms with E-state index in [4.69, 9.17) is 0 Å². The second kappa shape index (κ2) is 6.45. The SMILES string of the molecule is Cc1nc2ccc(C(=O)Nc3cc4[nH]c([C@H]5CCCN5C)cc4cn3)cc2[nH]1. The van der Waals surface area contributed by atoms with Crippen LogP contribution in [0.1, 0.15) is 40.8 Å². The Bertz CT molecular complexity index is 1190. The number of carbonyl (C=O) groups excluding carboxylic acids is 1. The Morgan fingerprint density at radius 1 is 1.21 bits per heavy atom. The second-order valence-electron chi connectivity index (χ2n) is 7.53. The maximum absolute atomic E-state index is 12.7. The quantitative estimate of drug-likeness (QED) is 0.509. The first-order chi connectivity index (χ1) is 13.6. The van der Waals surface area contributed by atoms with Crippen molar-refractivity contribution in [3.8, 4) is 0 Å². The number of hydrogen-bond acceptors (Lipinski definition) is 4. The lowest BCUT2D eigenvalue weighted by Crippen LogP contribution is -2.17. The van der Waals surface area contributed by atoms with Gasteiger partial charge in [0.1, 0.15) is 11.6 Å². The summed E-state index contributed by atoms with van der Waals surface area (Å²) < 4.78 is 0. The summed E-state index contributed by atoms with van der Waals surface area (Å²) in [4.78, 5) is 30.5. The molecule has 5 rings (SSSR count). The minimum Gasteiger partial charge on any atom is -0.357 e. The van der Waals surface area contributed by atoms with Gasteiger partial charge in [-0.05, 0) is 57.6 Å². The topological polar surface area (TPSA) is 89.7 Å². The highest BCUT2D eigenvalue weighted by molar-refractivity contribution is 6.06. The molecule has 1 aliphatic heterocycles. The number of hydrogen-bond donors (Lipinski definition) is 3. The summed E-state index contributed by atoms with van der Waals surface area (Å²) >= 11 is 0. The molecule has 7 nitrogen and oxygen atoms in total. The third kappa shape index (κ3) is 2.93. The van der Waals surface area contributed by atoms with Crippen LogP contribution in [0.5, 0.6) is 0 Å². The first kappa shape index (κ1) is 16.9. The lowest BCUT2D eigenvalue weighted by atomic mass is 10.1. The summed E-state index contributed by atoms with van der Waals surface area (Å²) in [6.07, 6.45) is 4.19. The summed E-state index contributed by atoms with van der Waals surface area (Å²) in [5.41, 5.74) is 4.46. The van der Waals surface area contributed by atoms with Crippen molar-refractivity contribution in [2.45, 2.75) is 25.8 Å². The van der Waals surface area contributed by atoms with Gasteiger partial charge in [0.05, 0.1) is 16.6 Å². The van der Waals surface area contributed by atoms with Gasteiger partial charge in [0.2, 0.25) is 0 Å². The van der Waals surface area contributed by atoms with Gasteiger partial charge in [-0.15, -0.1) is 0 Å². The third-order valence-corrected chi connectivity index (χ3v) is 5.51.